The molecule has 4 rings (SSSR count). The summed E-state index contributed by atoms with van der Waals surface area (Å²) in [5.41, 5.74) is 1.57. The largest absolute Gasteiger partial charge is 0.392 e. The van der Waals surface area contributed by atoms with Gasteiger partial charge in [-0.3, -0.25) is 4.79 Å². The molecule has 0 radical (unpaired) electrons. The van der Waals surface area contributed by atoms with Gasteiger partial charge in [0.15, 0.2) is 5.78 Å². The van der Waals surface area contributed by atoms with E-state index in [0.717, 1.165) is 43.9 Å². The number of carbonyl (C=O) groups excluding carboxylic acids is 1. The van der Waals surface area contributed by atoms with E-state index in [1.807, 2.05) is 6.08 Å². The Labute approximate surface area is 133 Å². The third kappa shape index (κ3) is 1.99. The number of aliphatic hydroxyl groups excluding tert-OH is 1. The summed E-state index contributed by atoms with van der Waals surface area (Å²) < 4.78 is 0. The highest BCUT2D eigenvalue weighted by molar-refractivity contribution is 5.91. The Morgan fingerprint density at radius 1 is 1.23 bits per heavy atom. The average Bonchev–Trinajstić information content (AvgIpc) is 2.54. The fourth-order valence-corrected chi connectivity index (χ4v) is 6.31. The Morgan fingerprint density at radius 2 is 2.09 bits per heavy atom. The molecule has 0 aromatic rings. The van der Waals surface area contributed by atoms with Gasteiger partial charge in [-0.05, 0) is 74.7 Å². The molecule has 6 atom stereocenters. The number of aliphatic hydroxyl groups is 1. The van der Waals surface area contributed by atoms with Gasteiger partial charge in [-0.1, -0.05) is 24.6 Å². The van der Waals surface area contributed by atoms with E-state index in [0.29, 0.717) is 17.6 Å². The van der Waals surface area contributed by atoms with Gasteiger partial charge in [-0.15, -0.1) is 0 Å². The molecular formula is C20H28O2. The second-order valence-electron chi connectivity index (χ2n) is 8.03. The molecule has 0 unspecified atom stereocenters. The lowest BCUT2D eigenvalue weighted by Gasteiger charge is -2.57. The van der Waals surface area contributed by atoms with Crippen LogP contribution < -0.4 is 0 Å². The molecule has 0 heterocycles. The second-order valence-corrected chi connectivity index (χ2v) is 8.03. The van der Waals surface area contributed by atoms with Crippen molar-refractivity contribution >= 4 is 5.78 Å². The zero-order valence-corrected chi connectivity index (χ0v) is 13.6. The molecule has 0 bridgehead atoms. The minimum atomic E-state index is -0.154. The van der Waals surface area contributed by atoms with E-state index >= 15 is 0 Å². The van der Waals surface area contributed by atoms with Gasteiger partial charge < -0.3 is 5.11 Å². The van der Waals surface area contributed by atoms with Crippen molar-refractivity contribution in [3.05, 3.63) is 23.8 Å². The van der Waals surface area contributed by atoms with Gasteiger partial charge in [0.25, 0.3) is 0 Å². The monoisotopic (exact) mass is 300 g/mol. The summed E-state index contributed by atoms with van der Waals surface area (Å²) in [4.78, 5) is 11.7. The Morgan fingerprint density at radius 3 is 2.91 bits per heavy atom. The van der Waals surface area contributed by atoms with Crippen LogP contribution in [0.3, 0.4) is 0 Å². The zero-order chi connectivity index (χ0) is 15.3. The number of fused-ring (bicyclic) bond motifs is 5. The van der Waals surface area contributed by atoms with Crippen LogP contribution >= 0.6 is 0 Å². The lowest BCUT2D eigenvalue weighted by Crippen LogP contribution is -2.53. The third-order valence-electron chi connectivity index (χ3n) is 7.45. The molecule has 2 heteroatoms. The molecule has 22 heavy (non-hydrogen) atoms. The first-order valence-electron chi connectivity index (χ1n) is 9.23. The van der Waals surface area contributed by atoms with E-state index in [9.17, 15) is 9.90 Å². The van der Waals surface area contributed by atoms with E-state index in [-0.39, 0.29) is 11.5 Å². The number of allylic oxidation sites excluding steroid dienone is 3. The van der Waals surface area contributed by atoms with Crippen LogP contribution in [0.4, 0.5) is 0 Å². The minimum absolute atomic E-state index is 0.127. The molecule has 2 nitrogen and oxygen atoms in total. The average molecular weight is 300 g/mol. The number of rotatable bonds is 1. The van der Waals surface area contributed by atoms with Crippen LogP contribution in [0, 0.1) is 29.1 Å². The van der Waals surface area contributed by atoms with Crippen molar-refractivity contribution in [2.24, 2.45) is 29.1 Å². The van der Waals surface area contributed by atoms with Gasteiger partial charge in [0.1, 0.15) is 0 Å². The second kappa shape index (κ2) is 5.33. The highest BCUT2D eigenvalue weighted by atomic mass is 16.3. The molecule has 0 spiro atoms. The van der Waals surface area contributed by atoms with Gasteiger partial charge in [0.05, 0.1) is 6.10 Å². The van der Waals surface area contributed by atoms with Gasteiger partial charge in [0, 0.05) is 11.8 Å². The van der Waals surface area contributed by atoms with E-state index < -0.39 is 0 Å². The highest BCUT2D eigenvalue weighted by Gasteiger charge is 2.54. The first-order valence-corrected chi connectivity index (χ1v) is 9.23. The van der Waals surface area contributed by atoms with Crippen molar-refractivity contribution in [3.63, 3.8) is 0 Å². The van der Waals surface area contributed by atoms with Crippen molar-refractivity contribution in [2.45, 2.75) is 64.4 Å². The molecule has 2 fully saturated rings. The van der Waals surface area contributed by atoms with Crippen molar-refractivity contribution in [3.8, 4) is 0 Å². The molecule has 120 valence electrons. The maximum absolute atomic E-state index is 11.7. The van der Waals surface area contributed by atoms with Crippen molar-refractivity contribution in [2.75, 3.05) is 0 Å². The first-order chi connectivity index (χ1) is 10.7. The molecule has 1 N–H and O–H groups in total. The predicted octanol–water partition coefficient (Wildman–Crippen LogP) is 4.05. The Bertz CT molecular complexity index is 532. The van der Waals surface area contributed by atoms with Crippen LogP contribution in [0.25, 0.3) is 0 Å². The summed E-state index contributed by atoms with van der Waals surface area (Å²) in [6, 6.07) is 0. The molecule has 2 saturated carbocycles. The topological polar surface area (TPSA) is 37.3 Å². The zero-order valence-electron chi connectivity index (χ0n) is 13.6. The van der Waals surface area contributed by atoms with Crippen LogP contribution in [0.15, 0.2) is 23.8 Å². The third-order valence-corrected chi connectivity index (χ3v) is 7.45. The van der Waals surface area contributed by atoms with Gasteiger partial charge in [-0.2, -0.15) is 0 Å². The molecule has 0 aromatic heterocycles. The van der Waals surface area contributed by atoms with Crippen molar-refractivity contribution in [1.82, 2.24) is 0 Å². The molecule has 4 aliphatic carbocycles. The highest BCUT2D eigenvalue weighted by Crippen LogP contribution is 2.60. The Hall–Kier alpha value is -0.890. The summed E-state index contributed by atoms with van der Waals surface area (Å²) in [5, 5.41) is 10.7. The lowest BCUT2D eigenvalue weighted by molar-refractivity contribution is -0.116. The van der Waals surface area contributed by atoms with E-state index in [4.69, 9.17) is 0 Å². The van der Waals surface area contributed by atoms with Gasteiger partial charge in [0.2, 0.25) is 0 Å². The van der Waals surface area contributed by atoms with E-state index in [1.165, 1.54) is 24.8 Å². The summed E-state index contributed by atoms with van der Waals surface area (Å²) in [6.07, 6.45) is 15.0. The predicted molar refractivity (Wildman–Crippen MR) is 87.2 cm³/mol. The summed E-state index contributed by atoms with van der Waals surface area (Å²) >= 11 is 0. The van der Waals surface area contributed by atoms with E-state index in [2.05, 4.69) is 19.1 Å². The molecule has 0 saturated heterocycles. The van der Waals surface area contributed by atoms with Crippen LogP contribution in [-0.2, 0) is 4.79 Å². The smallest absolute Gasteiger partial charge is 0.155 e. The number of carbonyl (C=O) groups is 1. The molecular weight excluding hydrogens is 272 g/mol. The molecule has 0 aliphatic heterocycles. The minimum Gasteiger partial charge on any atom is -0.392 e. The lowest BCUT2D eigenvalue weighted by atomic mass is 9.48. The Kier molecular flexibility index (Phi) is 3.56. The van der Waals surface area contributed by atoms with Gasteiger partial charge >= 0.3 is 0 Å². The van der Waals surface area contributed by atoms with Gasteiger partial charge in [-0.25, -0.2) is 0 Å². The number of ketones is 1. The van der Waals surface area contributed by atoms with Crippen LogP contribution in [-0.4, -0.2) is 17.0 Å². The summed E-state index contributed by atoms with van der Waals surface area (Å²) in [7, 11) is 0. The van der Waals surface area contributed by atoms with E-state index in [1.54, 1.807) is 0 Å². The van der Waals surface area contributed by atoms with Crippen LogP contribution in [0.5, 0.6) is 0 Å². The maximum atomic E-state index is 11.7. The first kappa shape index (κ1) is 14.7. The van der Waals surface area contributed by atoms with Crippen molar-refractivity contribution in [1.29, 1.82) is 0 Å². The number of hydrogen-bond donors (Lipinski definition) is 1. The SMILES string of the molecule is CC[C@]12CC[C@H]3[C@@H](CCC4=CC(=O)CC[C@@H]43)[C@@H]1C=CC[C@@H]2O. The summed E-state index contributed by atoms with van der Waals surface area (Å²) in [5.74, 6) is 3.01. The fraction of sp³-hybridized carbons (Fsp3) is 0.750. The normalized spacial score (nSPS) is 47.3. The molecule has 0 amide bonds. The molecule has 4 aliphatic rings. The van der Waals surface area contributed by atoms with Crippen LogP contribution in [0.1, 0.15) is 58.3 Å². The van der Waals surface area contributed by atoms with Crippen molar-refractivity contribution < 1.29 is 9.90 Å². The Balaban J connectivity index is 1.67. The fourth-order valence-electron chi connectivity index (χ4n) is 6.31. The molecule has 0 aromatic carbocycles. The maximum Gasteiger partial charge on any atom is 0.155 e. The van der Waals surface area contributed by atoms with Crippen LogP contribution in [0.2, 0.25) is 0 Å². The quantitative estimate of drug-likeness (QED) is 0.742. The number of hydrogen-bond acceptors (Lipinski definition) is 2. The standard InChI is InChI=1S/C20H28O2/c1-2-20-11-10-16-15-9-7-14(21)12-13(15)6-8-17(16)18(20)4-3-5-19(20)22/h3-4,12,15-19,22H,2,5-11H2,1H3/t15-,16+,17+,18-,19-,20-/m0/s1. The summed E-state index contributed by atoms with van der Waals surface area (Å²) in [6.45, 7) is 2.27.